The SMILES string of the molecule is CCCCSCC(=O)NC1CCCCC1CO. The van der Waals surface area contributed by atoms with E-state index < -0.39 is 0 Å². The second-order valence-corrected chi connectivity index (χ2v) is 5.91. The molecule has 0 spiro atoms. The number of aliphatic hydroxyl groups excluding tert-OH is 1. The number of carbonyl (C=O) groups is 1. The molecule has 4 heteroatoms. The minimum absolute atomic E-state index is 0.136. The fraction of sp³-hybridized carbons (Fsp3) is 0.923. The van der Waals surface area contributed by atoms with E-state index in [1.54, 1.807) is 11.8 Å². The zero-order valence-electron chi connectivity index (χ0n) is 10.8. The van der Waals surface area contributed by atoms with Crippen LogP contribution in [0.5, 0.6) is 0 Å². The fourth-order valence-corrected chi connectivity index (χ4v) is 3.18. The Kier molecular flexibility index (Phi) is 7.69. The van der Waals surface area contributed by atoms with Gasteiger partial charge in [0.05, 0.1) is 5.75 Å². The standard InChI is InChI=1S/C13H25NO2S/c1-2-3-8-17-10-13(16)14-12-7-5-4-6-11(12)9-15/h11-12,15H,2-10H2,1H3,(H,14,16). The predicted molar refractivity (Wildman–Crippen MR) is 73.2 cm³/mol. The Labute approximate surface area is 109 Å². The van der Waals surface area contributed by atoms with E-state index in [4.69, 9.17) is 0 Å². The molecule has 3 nitrogen and oxygen atoms in total. The molecule has 0 bridgehead atoms. The third kappa shape index (κ3) is 5.77. The van der Waals surface area contributed by atoms with Crippen molar-refractivity contribution in [2.24, 2.45) is 5.92 Å². The van der Waals surface area contributed by atoms with Crippen molar-refractivity contribution < 1.29 is 9.90 Å². The minimum Gasteiger partial charge on any atom is -0.396 e. The van der Waals surface area contributed by atoms with Crippen LogP contribution in [0.4, 0.5) is 0 Å². The highest BCUT2D eigenvalue weighted by molar-refractivity contribution is 7.99. The van der Waals surface area contributed by atoms with Crippen molar-refractivity contribution in [3.8, 4) is 0 Å². The molecule has 17 heavy (non-hydrogen) atoms. The molecule has 0 heterocycles. The monoisotopic (exact) mass is 259 g/mol. The highest BCUT2D eigenvalue weighted by atomic mass is 32.2. The van der Waals surface area contributed by atoms with Crippen molar-refractivity contribution in [2.45, 2.75) is 51.5 Å². The van der Waals surface area contributed by atoms with Gasteiger partial charge in [0.2, 0.25) is 5.91 Å². The van der Waals surface area contributed by atoms with E-state index in [9.17, 15) is 9.90 Å². The van der Waals surface area contributed by atoms with Crippen molar-refractivity contribution in [3.05, 3.63) is 0 Å². The lowest BCUT2D eigenvalue weighted by Gasteiger charge is -2.30. The number of carbonyl (C=O) groups excluding carboxylic acids is 1. The van der Waals surface area contributed by atoms with E-state index in [0.29, 0.717) is 5.75 Å². The van der Waals surface area contributed by atoms with Gasteiger partial charge >= 0.3 is 0 Å². The first kappa shape index (κ1) is 14.8. The van der Waals surface area contributed by atoms with E-state index in [2.05, 4.69) is 12.2 Å². The topological polar surface area (TPSA) is 49.3 Å². The van der Waals surface area contributed by atoms with Gasteiger partial charge in [-0.15, -0.1) is 0 Å². The van der Waals surface area contributed by atoms with E-state index in [1.807, 2.05) is 0 Å². The van der Waals surface area contributed by atoms with Crippen molar-refractivity contribution >= 4 is 17.7 Å². The van der Waals surface area contributed by atoms with Crippen LogP contribution in [0.15, 0.2) is 0 Å². The van der Waals surface area contributed by atoms with Crippen LogP contribution in [0, 0.1) is 5.92 Å². The molecule has 1 rings (SSSR count). The summed E-state index contributed by atoms with van der Waals surface area (Å²) >= 11 is 1.71. The van der Waals surface area contributed by atoms with Crippen LogP contribution in [0.3, 0.4) is 0 Å². The molecule has 1 amide bonds. The smallest absolute Gasteiger partial charge is 0.230 e. The van der Waals surface area contributed by atoms with E-state index in [-0.39, 0.29) is 24.5 Å². The van der Waals surface area contributed by atoms with Gasteiger partial charge < -0.3 is 10.4 Å². The van der Waals surface area contributed by atoms with Gasteiger partial charge in [0.15, 0.2) is 0 Å². The summed E-state index contributed by atoms with van der Waals surface area (Å²) in [7, 11) is 0. The lowest BCUT2D eigenvalue weighted by molar-refractivity contribution is -0.120. The number of aliphatic hydroxyl groups is 1. The summed E-state index contributed by atoms with van der Waals surface area (Å²) in [6.45, 7) is 2.36. The molecule has 1 saturated carbocycles. The summed E-state index contributed by atoms with van der Waals surface area (Å²) in [6, 6.07) is 0.202. The number of thioether (sulfide) groups is 1. The Morgan fingerprint density at radius 1 is 1.41 bits per heavy atom. The number of unbranched alkanes of at least 4 members (excludes halogenated alkanes) is 1. The fourth-order valence-electron chi connectivity index (χ4n) is 2.28. The Morgan fingerprint density at radius 2 is 2.18 bits per heavy atom. The van der Waals surface area contributed by atoms with Gasteiger partial charge in [-0.1, -0.05) is 26.2 Å². The highest BCUT2D eigenvalue weighted by Crippen LogP contribution is 2.24. The predicted octanol–water partition coefficient (Wildman–Crippen LogP) is 2.19. The second-order valence-electron chi connectivity index (χ2n) is 4.81. The molecule has 0 aliphatic heterocycles. The molecule has 1 aliphatic carbocycles. The highest BCUT2D eigenvalue weighted by Gasteiger charge is 2.25. The molecule has 0 aromatic rings. The zero-order chi connectivity index (χ0) is 12.5. The van der Waals surface area contributed by atoms with E-state index >= 15 is 0 Å². The van der Waals surface area contributed by atoms with Crippen molar-refractivity contribution in [1.82, 2.24) is 5.32 Å². The van der Waals surface area contributed by atoms with Crippen LogP contribution in [0.1, 0.15) is 45.4 Å². The average molecular weight is 259 g/mol. The Morgan fingerprint density at radius 3 is 2.88 bits per heavy atom. The first-order valence-electron chi connectivity index (χ1n) is 6.76. The zero-order valence-corrected chi connectivity index (χ0v) is 11.6. The molecule has 2 atom stereocenters. The summed E-state index contributed by atoms with van der Waals surface area (Å²) in [5.41, 5.74) is 0. The Balaban J connectivity index is 2.19. The largest absolute Gasteiger partial charge is 0.396 e. The summed E-state index contributed by atoms with van der Waals surface area (Å²) in [6.07, 6.45) is 6.79. The minimum atomic E-state index is 0.136. The lowest BCUT2D eigenvalue weighted by Crippen LogP contribution is -2.44. The Hall–Kier alpha value is -0.220. The van der Waals surface area contributed by atoms with Gasteiger partial charge in [0, 0.05) is 18.6 Å². The maximum Gasteiger partial charge on any atom is 0.230 e. The molecule has 1 fully saturated rings. The second kappa shape index (κ2) is 8.81. The molecule has 0 radical (unpaired) electrons. The van der Waals surface area contributed by atoms with Crippen LogP contribution < -0.4 is 5.32 Å². The molecule has 2 unspecified atom stereocenters. The van der Waals surface area contributed by atoms with Gasteiger partial charge in [0.1, 0.15) is 0 Å². The van der Waals surface area contributed by atoms with Gasteiger partial charge in [-0.3, -0.25) is 4.79 Å². The van der Waals surface area contributed by atoms with Crippen LogP contribution >= 0.6 is 11.8 Å². The Bertz CT molecular complexity index is 223. The molecule has 0 aromatic heterocycles. The molecular formula is C13H25NO2S. The number of nitrogens with one attached hydrogen (secondary N) is 1. The summed E-state index contributed by atoms with van der Waals surface area (Å²) in [5.74, 6) is 2.04. The quantitative estimate of drug-likeness (QED) is 0.689. The number of hydrogen-bond acceptors (Lipinski definition) is 3. The maximum atomic E-state index is 11.7. The van der Waals surface area contributed by atoms with Gasteiger partial charge in [-0.25, -0.2) is 0 Å². The van der Waals surface area contributed by atoms with Crippen molar-refractivity contribution in [3.63, 3.8) is 0 Å². The molecule has 0 saturated heterocycles. The van der Waals surface area contributed by atoms with Crippen LogP contribution in [0.25, 0.3) is 0 Å². The normalized spacial score (nSPS) is 24.6. The molecule has 100 valence electrons. The number of hydrogen-bond donors (Lipinski definition) is 2. The average Bonchev–Trinajstić information content (AvgIpc) is 2.35. The van der Waals surface area contributed by atoms with Crippen molar-refractivity contribution in [1.29, 1.82) is 0 Å². The van der Waals surface area contributed by atoms with Gasteiger partial charge in [-0.05, 0) is 25.0 Å². The van der Waals surface area contributed by atoms with Gasteiger partial charge in [-0.2, -0.15) is 11.8 Å². The first-order chi connectivity index (χ1) is 8.27. The van der Waals surface area contributed by atoms with Gasteiger partial charge in [0.25, 0.3) is 0 Å². The first-order valence-corrected chi connectivity index (χ1v) is 7.91. The summed E-state index contributed by atoms with van der Waals surface area (Å²) < 4.78 is 0. The maximum absolute atomic E-state index is 11.7. The molecule has 0 aromatic carbocycles. The van der Waals surface area contributed by atoms with Crippen LogP contribution in [0.2, 0.25) is 0 Å². The van der Waals surface area contributed by atoms with Crippen LogP contribution in [-0.4, -0.2) is 35.2 Å². The number of amides is 1. The lowest BCUT2D eigenvalue weighted by atomic mass is 9.85. The van der Waals surface area contributed by atoms with E-state index in [1.165, 1.54) is 25.7 Å². The third-order valence-electron chi connectivity index (χ3n) is 3.37. The third-order valence-corrected chi connectivity index (χ3v) is 4.41. The summed E-state index contributed by atoms with van der Waals surface area (Å²) in [4.78, 5) is 11.7. The van der Waals surface area contributed by atoms with E-state index in [0.717, 1.165) is 18.6 Å². The molecule has 2 N–H and O–H groups in total. The molecular weight excluding hydrogens is 234 g/mol. The molecule has 1 aliphatic rings. The number of rotatable bonds is 7. The van der Waals surface area contributed by atoms with Crippen LogP contribution in [-0.2, 0) is 4.79 Å². The van der Waals surface area contributed by atoms with Crippen molar-refractivity contribution in [2.75, 3.05) is 18.1 Å². The summed E-state index contributed by atoms with van der Waals surface area (Å²) in [5, 5.41) is 12.3.